The third kappa shape index (κ3) is 34.0. The van der Waals surface area contributed by atoms with Crippen molar-refractivity contribution in [2.24, 2.45) is 0 Å². The summed E-state index contributed by atoms with van der Waals surface area (Å²) >= 11 is 0. The number of halogens is 1. The van der Waals surface area contributed by atoms with Gasteiger partial charge in [-0.25, -0.2) is 9.13 Å². The van der Waals surface area contributed by atoms with Crippen LogP contribution < -0.4 is 12.4 Å². The first-order chi connectivity index (χ1) is 16.2. The molecule has 0 heterocycles. The molecule has 0 bridgehead atoms. The third-order valence-corrected chi connectivity index (χ3v) is 6.52. The van der Waals surface area contributed by atoms with E-state index < -0.39 is 26.7 Å². The maximum Gasteiger partial charge on any atom is 0.468 e. The normalized spacial score (nSPS) is 12.9. The van der Waals surface area contributed by atoms with Crippen molar-refractivity contribution < 1.29 is 40.8 Å². The fourth-order valence-electron chi connectivity index (χ4n) is 4.11. The zero-order chi connectivity index (χ0) is 26.1. The van der Waals surface area contributed by atoms with E-state index in [9.17, 15) is 14.2 Å². The molecule has 0 aromatic heterocycles. The molecular weight excluding hydrogens is 485 g/mol. The first-order valence-corrected chi connectivity index (χ1v) is 15.2. The van der Waals surface area contributed by atoms with Gasteiger partial charge in [0, 0.05) is 0 Å². The molecule has 0 fully saturated rings. The summed E-state index contributed by atoms with van der Waals surface area (Å²) < 4.78 is 27.0. The van der Waals surface area contributed by atoms with E-state index in [1.807, 2.05) is 0 Å². The molecule has 0 aromatic rings. The quantitative estimate of drug-likeness (QED) is 0.112. The molecule has 0 spiro atoms. The minimum Gasteiger partial charge on any atom is -1.00 e. The smallest absolute Gasteiger partial charge is 0.468 e. The molecule has 0 aliphatic heterocycles. The predicted octanol–water partition coefficient (Wildman–Crippen LogP) is 4.57. The highest BCUT2D eigenvalue weighted by Gasteiger charge is 2.20. The highest BCUT2D eigenvalue weighted by atomic mass is 35.5. The lowest BCUT2D eigenvalue weighted by Gasteiger charge is -2.22. The van der Waals surface area contributed by atoms with Gasteiger partial charge in [0.25, 0.3) is 0 Å². The second-order valence-electron chi connectivity index (χ2n) is 10.7. The van der Waals surface area contributed by atoms with Crippen LogP contribution in [-0.2, 0) is 13.7 Å². The zero-order valence-electron chi connectivity index (χ0n) is 23.7. The molecule has 0 aliphatic carbocycles. The molecule has 0 rings (SSSR count). The molecule has 6 nitrogen and oxygen atoms in total. The summed E-state index contributed by atoms with van der Waals surface area (Å²) in [6.45, 7) is 5.27. The van der Waals surface area contributed by atoms with E-state index in [0.717, 1.165) is 23.7 Å². The molecule has 2 unspecified atom stereocenters. The number of aliphatic hydroxyl groups excluding tert-OH is 2. The lowest BCUT2D eigenvalue weighted by atomic mass is 10.0. The van der Waals surface area contributed by atoms with Gasteiger partial charge in [-0.15, -0.1) is 0 Å². The SMILES string of the molecule is CCCCCCCCCCCCCCCCCCC(OP(=O)=O)C(O)CO.CCC[N+](C)(C)C.[Cl-]. The molecule has 2 N–H and O–H groups in total. The van der Waals surface area contributed by atoms with Crippen LogP contribution in [0.25, 0.3) is 0 Å². The molecule has 35 heavy (non-hydrogen) atoms. The van der Waals surface area contributed by atoms with Crippen molar-refractivity contribution in [1.82, 2.24) is 0 Å². The standard InChI is InChI=1S/C21H43O5P.C6H16N.ClH/c1-2-3-4-5-6-7-8-9-10-11-12-13-14-15-16-17-18-21(20(23)19-22)26-27(24)25;1-5-6-7(2,3)4;/h20-23H,2-19H2,1H3;5-6H2,1-4H3;1H/q;+1;/p-1. The maximum absolute atomic E-state index is 10.6. The van der Waals surface area contributed by atoms with Crippen LogP contribution in [0.2, 0.25) is 0 Å². The summed E-state index contributed by atoms with van der Waals surface area (Å²) in [5.74, 6) is 0. The van der Waals surface area contributed by atoms with Crippen molar-refractivity contribution in [1.29, 1.82) is 0 Å². The minimum absolute atomic E-state index is 0. The van der Waals surface area contributed by atoms with Gasteiger partial charge < -0.3 is 27.1 Å². The lowest BCUT2D eigenvalue weighted by Crippen LogP contribution is -3.00. The van der Waals surface area contributed by atoms with E-state index in [4.69, 9.17) is 5.11 Å². The second kappa shape index (κ2) is 28.6. The van der Waals surface area contributed by atoms with Gasteiger partial charge in [0.15, 0.2) is 0 Å². The van der Waals surface area contributed by atoms with Crippen LogP contribution in [0, 0.1) is 0 Å². The summed E-state index contributed by atoms with van der Waals surface area (Å²) in [5.41, 5.74) is 0. The molecular formula is C27H59ClNO5P. The predicted molar refractivity (Wildman–Crippen MR) is 144 cm³/mol. The van der Waals surface area contributed by atoms with E-state index in [-0.39, 0.29) is 12.4 Å². The van der Waals surface area contributed by atoms with Crippen molar-refractivity contribution in [2.75, 3.05) is 34.3 Å². The number of hydrogen-bond donors (Lipinski definition) is 2. The zero-order valence-corrected chi connectivity index (χ0v) is 25.3. The molecule has 0 saturated heterocycles. The Bertz CT molecular complexity index is 479. The Morgan fingerprint density at radius 3 is 1.31 bits per heavy atom. The highest BCUT2D eigenvalue weighted by Crippen LogP contribution is 2.20. The van der Waals surface area contributed by atoms with E-state index in [2.05, 4.69) is 39.5 Å². The van der Waals surface area contributed by atoms with Gasteiger partial charge in [0.1, 0.15) is 12.2 Å². The molecule has 0 aromatic carbocycles. The van der Waals surface area contributed by atoms with Gasteiger partial charge in [0.2, 0.25) is 0 Å². The molecule has 0 radical (unpaired) electrons. The number of aliphatic hydroxyl groups is 2. The Labute approximate surface area is 224 Å². The Balaban J connectivity index is -0.00000111. The van der Waals surface area contributed by atoms with Gasteiger partial charge in [0.05, 0.1) is 34.3 Å². The van der Waals surface area contributed by atoms with Crippen LogP contribution >= 0.6 is 7.91 Å². The van der Waals surface area contributed by atoms with E-state index >= 15 is 0 Å². The van der Waals surface area contributed by atoms with Crippen LogP contribution in [0.4, 0.5) is 0 Å². The summed E-state index contributed by atoms with van der Waals surface area (Å²) in [6, 6.07) is 0. The first-order valence-electron chi connectivity index (χ1n) is 14.1. The van der Waals surface area contributed by atoms with Crippen molar-refractivity contribution in [3.8, 4) is 0 Å². The van der Waals surface area contributed by atoms with Crippen LogP contribution in [0.3, 0.4) is 0 Å². The number of nitrogens with zero attached hydrogens (tertiary/aromatic N) is 1. The summed E-state index contributed by atoms with van der Waals surface area (Å²) in [4.78, 5) is 0. The van der Waals surface area contributed by atoms with Crippen molar-refractivity contribution >= 4 is 7.91 Å². The Morgan fingerprint density at radius 1 is 0.686 bits per heavy atom. The van der Waals surface area contributed by atoms with Crippen LogP contribution in [0.15, 0.2) is 0 Å². The largest absolute Gasteiger partial charge is 1.00 e. The summed E-state index contributed by atoms with van der Waals surface area (Å²) in [6.07, 6.45) is 20.3. The molecule has 2 atom stereocenters. The number of hydrogen-bond acceptors (Lipinski definition) is 5. The summed E-state index contributed by atoms with van der Waals surface area (Å²) in [5, 5.41) is 18.5. The third-order valence-electron chi connectivity index (χ3n) is 6.07. The highest BCUT2D eigenvalue weighted by molar-refractivity contribution is 7.24. The van der Waals surface area contributed by atoms with E-state index in [1.54, 1.807) is 0 Å². The van der Waals surface area contributed by atoms with Crippen molar-refractivity contribution in [3.05, 3.63) is 0 Å². The Hall–Kier alpha value is 0.0300. The number of unbranched alkanes of at least 4 members (excludes halogenated alkanes) is 15. The van der Waals surface area contributed by atoms with Gasteiger partial charge in [-0.2, -0.15) is 0 Å². The van der Waals surface area contributed by atoms with Crippen LogP contribution in [-0.4, -0.2) is 61.2 Å². The fraction of sp³-hybridized carbons (Fsp3) is 1.00. The maximum atomic E-state index is 10.6. The van der Waals surface area contributed by atoms with E-state index in [1.165, 1.54) is 96.4 Å². The van der Waals surface area contributed by atoms with Crippen LogP contribution in [0.5, 0.6) is 0 Å². The summed E-state index contributed by atoms with van der Waals surface area (Å²) in [7, 11) is 3.64. The monoisotopic (exact) mass is 543 g/mol. The molecule has 8 heteroatoms. The Morgan fingerprint density at radius 2 is 1.06 bits per heavy atom. The van der Waals surface area contributed by atoms with E-state index in [0.29, 0.717) is 6.42 Å². The van der Waals surface area contributed by atoms with Crippen molar-refractivity contribution in [2.45, 2.75) is 142 Å². The molecule has 0 amide bonds. The van der Waals surface area contributed by atoms with Gasteiger partial charge in [-0.1, -0.05) is 117 Å². The van der Waals surface area contributed by atoms with Crippen LogP contribution in [0.1, 0.15) is 129 Å². The fourth-order valence-corrected chi connectivity index (χ4v) is 4.57. The Kier molecular flexibility index (Phi) is 32.3. The number of rotatable bonds is 23. The minimum atomic E-state index is -2.99. The van der Waals surface area contributed by atoms with Crippen molar-refractivity contribution in [3.63, 3.8) is 0 Å². The molecule has 214 valence electrons. The topological polar surface area (TPSA) is 83.8 Å². The lowest BCUT2D eigenvalue weighted by molar-refractivity contribution is -0.870. The average Bonchev–Trinajstić information content (AvgIpc) is 2.76. The second-order valence-corrected chi connectivity index (χ2v) is 11.4. The molecule has 0 saturated carbocycles. The van der Waals surface area contributed by atoms with Gasteiger partial charge in [-0.3, -0.25) is 4.52 Å². The van der Waals surface area contributed by atoms with Gasteiger partial charge >= 0.3 is 7.91 Å². The molecule has 0 aliphatic rings. The first kappa shape index (κ1) is 39.5. The average molecular weight is 544 g/mol. The number of quaternary nitrogens is 1. The van der Waals surface area contributed by atoms with Gasteiger partial charge in [-0.05, 0) is 12.8 Å².